The average Bonchev–Trinajstić information content (AvgIpc) is 2.63. The van der Waals surface area contributed by atoms with Crippen molar-refractivity contribution in [2.45, 2.75) is 13.0 Å². The molecule has 84 valence electrons. The van der Waals surface area contributed by atoms with Gasteiger partial charge in [-0.3, -0.25) is 0 Å². The third-order valence-corrected chi connectivity index (χ3v) is 3.11. The van der Waals surface area contributed by atoms with E-state index >= 15 is 0 Å². The maximum absolute atomic E-state index is 10.2. The second-order valence-electron chi connectivity index (χ2n) is 3.63. The van der Waals surface area contributed by atoms with E-state index in [0.29, 0.717) is 15.6 Å². The molecule has 0 aliphatic rings. The Morgan fingerprint density at radius 1 is 1.19 bits per heavy atom. The predicted octanol–water partition coefficient (Wildman–Crippen LogP) is 3.71. The summed E-state index contributed by atoms with van der Waals surface area (Å²) in [5, 5.41) is 11.2. The molecule has 0 spiro atoms. The molecule has 1 aromatic carbocycles. The molecule has 0 saturated carbocycles. The second kappa shape index (κ2) is 4.50. The summed E-state index contributed by atoms with van der Waals surface area (Å²) >= 11 is 11.8. The zero-order valence-electron chi connectivity index (χ0n) is 8.67. The highest BCUT2D eigenvalue weighted by atomic mass is 35.5. The Kier molecular flexibility index (Phi) is 3.24. The first-order valence-electron chi connectivity index (χ1n) is 4.86. The zero-order valence-corrected chi connectivity index (χ0v) is 10.2. The van der Waals surface area contributed by atoms with Gasteiger partial charge >= 0.3 is 0 Å². The Morgan fingerprint density at radius 3 is 2.50 bits per heavy atom. The summed E-state index contributed by atoms with van der Waals surface area (Å²) in [5.41, 5.74) is 2.41. The van der Waals surface area contributed by atoms with Crippen molar-refractivity contribution in [2.75, 3.05) is 0 Å². The highest BCUT2D eigenvalue weighted by Crippen LogP contribution is 2.31. The van der Waals surface area contributed by atoms with Crippen molar-refractivity contribution >= 4 is 23.2 Å². The van der Waals surface area contributed by atoms with Gasteiger partial charge in [0, 0.05) is 33.1 Å². The maximum atomic E-state index is 10.2. The minimum absolute atomic E-state index is 0.473. The first kappa shape index (κ1) is 11.5. The van der Waals surface area contributed by atoms with Gasteiger partial charge in [0.05, 0.1) is 0 Å². The summed E-state index contributed by atoms with van der Waals surface area (Å²) < 4.78 is 0. The molecule has 0 radical (unpaired) electrons. The number of aliphatic hydroxyl groups excluding tert-OH is 1. The number of aryl methyl sites for hydroxylation is 1. The lowest BCUT2D eigenvalue weighted by atomic mass is 10.0. The number of aromatic amines is 1. The number of rotatable bonds is 2. The minimum Gasteiger partial charge on any atom is -0.384 e. The molecule has 0 fully saturated rings. The molecule has 16 heavy (non-hydrogen) atoms. The SMILES string of the molecule is Cc1[nH]ccc1C(O)c1ccc(Cl)cc1Cl. The van der Waals surface area contributed by atoms with Gasteiger partial charge in [-0.15, -0.1) is 0 Å². The normalized spacial score (nSPS) is 12.8. The van der Waals surface area contributed by atoms with Gasteiger partial charge in [-0.1, -0.05) is 29.3 Å². The van der Waals surface area contributed by atoms with Crippen molar-refractivity contribution in [2.24, 2.45) is 0 Å². The van der Waals surface area contributed by atoms with Crippen molar-refractivity contribution in [1.82, 2.24) is 4.98 Å². The van der Waals surface area contributed by atoms with Crippen LogP contribution in [0, 0.1) is 6.92 Å². The molecule has 1 heterocycles. The van der Waals surface area contributed by atoms with E-state index in [1.165, 1.54) is 0 Å². The van der Waals surface area contributed by atoms with Crippen LogP contribution in [0.25, 0.3) is 0 Å². The fourth-order valence-electron chi connectivity index (χ4n) is 1.65. The van der Waals surface area contributed by atoms with E-state index in [2.05, 4.69) is 4.98 Å². The molecule has 1 aromatic heterocycles. The second-order valence-corrected chi connectivity index (χ2v) is 4.47. The van der Waals surface area contributed by atoms with Crippen LogP contribution in [0.5, 0.6) is 0 Å². The third-order valence-electron chi connectivity index (χ3n) is 2.55. The molecule has 0 aliphatic heterocycles. The standard InChI is InChI=1S/C12H11Cl2NO/c1-7-9(4-5-15-7)12(16)10-3-2-8(13)6-11(10)14/h2-6,12,15-16H,1H3. The van der Waals surface area contributed by atoms with Crippen LogP contribution < -0.4 is 0 Å². The van der Waals surface area contributed by atoms with Gasteiger partial charge in [-0.2, -0.15) is 0 Å². The van der Waals surface area contributed by atoms with Crippen molar-refractivity contribution in [3.05, 3.63) is 57.3 Å². The summed E-state index contributed by atoms with van der Waals surface area (Å²) in [6, 6.07) is 6.92. The van der Waals surface area contributed by atoms with Gasteiger partial charge in [0.25, 0.3) is 0 Å². The molecule has 1 atom stereocenters. The van der Waals surface area contributed by atoms with Gasteiger partial charge in [0.15, 0.2) is 0 Å². The zero-order chi connectivity index (χ0) is 11.7. The van der Waals surface area contributed by atoms with E-state index in [4.69, 9.17) is 23.2 Å². The smallest absolute Gasteiger partial charge is 0.107 e. The summed E-state index contributed by atoms with van der Waals surface area (Å²) in [6.07, 6.45) is 1.06. The Bertz CT molecular complexity index is 507. The van der Waals surface area contributed by atoms with E-state index in [1.807, 2.05) is 13.0 Å². The predicted molar refractivity (Wildman–Crippen MR) is 66.1 cm³/mol. The van der Waals surface area contributed by atoms with E-state index in [0.717, 1.165) is 11.3 Å². The third kappa shape index (κ3) is 2.09. The topological polar surface area (TPSA) is 36.0 Å². The van der Waals surface area contributed by atoms with Crippen LogP contribution in [0.4, 0.5) is 0 Å². The molecule has 2 nitrogen and oxygen atoms in total. The summed E-state index contributed by atoms with van der Waals surface area (Å²) in [4.78, 5) is 3.02. The van der Waals surface area contributed by atoms with Crippen molar-refractivity contribution in [3.8, 4) is 0 Å². The molecule has 4 heteroatoms. The molecular weight excluding hydrogens is 245 g/mol. The highest BCUT2D eigenvalue weighted by Gasteiger charge is 2.16. The average molecular weight is 256 g/mol. The van der Waals surface area contributed by atoms with Crippen molar-refractivity contribution < 1.29 is 5.11 Å². The molecular formula is C12H11Cl2NO. The Morgan fingerprint density at radius 2 is 1.94 bits per heavy atom. The van der Waals surface area contributed by atoms with Crippen LogP contribution >= 0.6 is 23.2 Å². The van der Waals surface area contributed by atoms with E-state index < -0.39 is 6.10 Å². The first-order valence-corrected chi connectivity index (χ1v) is 5.62. The van der Waals surface area contributed by atoms with Gasteiger partial charge in [-0.25, -0.2) is 0 Å². The van der Waals surface area contributed by atoms with E-state index in [1.54, 1.807) is 24.4 Å². The van der Waals surface area contributed by atoms with Crippen LogP contribution in [0.15, 0.2) is 30.5 Å². The summed E-state index contributed by atoms with van der Waals surface area (Å²) in [7, 11) is 0. The fraction of sp³-hybridized carbons (Fsp3) is 0.167. The number of H-pyrrole nitrogens is 1. The monoisotopic (exact) mass is 255 g/mol. The Balaban J connectivity index is 2.41. The maximum Gasteiger partial charge on any atom is 0.107 e. The lowest BCUT2D eigenvalue weighted by Crippen LogP contribution is -2.01. The van der Waals surface area contributed by atoms with Gasteiger partial charge in [0.2, 0.25) is 0 Å². The quantitative estimate of drug-likeness (QED) is 0.844. The van der Waals surface area contributed by atoms with Gasteiger partial charge in [0.1, 0.15) is 6.10 Å². The molecule has 0 bridgehead atoms. The highest BCUT2D eigenvalue weighted by molar-refractivity contribution is 6.35. The molecule has 2 N–H and O–H groups in total. The number of nitrogens with one attached hydrogen (secondary N) is 1. The van der Waals surface area contributed by atoms with Gasteiger partial charge in [-0.05, 0) is 25.1 Å². The van der Waals surface area contributed by atoms with Gasteiger partial charge < -0.3 is 10.1 Å². The van der Waals surface area contributed by atoms with Crippen molar-refractivity contribution in [1.29, 1.82) is 0 Å². The largest absolute Gasteiger partial charge is 0.384 e. The number of hydrogen-bond donors (Lipinski definition) is 2. The summed E-state index contributed by atoms with van der Waals surface area (Å²) in [6.45, 7) is 1.91. The molecule has 0 saturated heterocycles. The first-order chi connectivity index (χ1) is 7.59. The lowest BCUT2D eigenvalue weighted by Gasteiger charge is -2.12. The van der Waals surface area contributed by atoms with Crippen LogP contribution in [0.2, 0.25) is 10.0 Å². The van der Waals surface area contributed by atoms with E-state index in [-0.39, 0.29) is 0 Å². The summed E-state index contributed by atoms with van der Waals surface area (Å²) in [5.74, 6) is 0. The van der Waals surface area contributed by atoms with Crippen LogP contribution in [0.1, 0.15) is 22.9 Å². The van der Waals surface area contributed by atoms with E-state index in [9.17, 15) is 5.11 Å². The molecule has 2 aromatic rings. The molecule has 0 amide bonds. The van der Waals surface area contributed by atoms with Crippen LogP contribution in [-0.4, -0.2) is 10.1 Å². The van der Waals surface area contributed by atoms with Crippen LogP contribution in [-0.2, 0) is 0 Å². The molecule has 1 unspecified atom stereocenters. The minimum atomic E-state index is -0.726. The molecule has 2 rings (SSSR count). The van der Waals surface area contributed by atoms with Crippen LogP contribution in [0.3, 0.4) is 0 Å². The Hall–Kier alpha value is -0.960. The number of aliphatic hydroxyl groups is 1. The van der Waals surface area contributed by atoms with Crippen molar-refractivity contribution in [3.63, 3.8) is 0 Å². The Labute approximate surface area is 104 Å². The number of halogens is 2. The fourth-order valence-corrected chi connectivity index (χ4v) is 2.16. The molecule has 0 aliphatic carbocycles. The number of hydrogen-bond acceptors (Lipinski definition) is 1. The number of aromatic nitrogens is 1. The number of benzene rings is 1. The lowest BCUT2D eigenvalue weighted by molar-refractivity contribution is 0.220.